The Bertz CT molecular complexity index is 1530. The van der Waals surface area contributed by atoms with E-state index in [0.717, 1.165) is 27.9 Å². The number of nitrogens with zero attached hydrogens (tertiary/aromatic N) is 3. The quantitative estimate of drug-likeness (QED) is 0.245. The van der Waals surface area contributed by atoms with Crippen LogP contribution in [-0.4, -0.2) is 20.7 Å². The van der Waals surface area contributed by atoms with Gasteiger partial charge in [-0.2, -0.15) is 4.98 Å². The molecule has 2 N–H and O–H groups in total. The third-order valence-corrected chi connectivity index (χ3v) is 7.65. The molecule has 0 spiro atoms. The van der Waals surface area contributed by atoms with Gasteiger partial charge >= 0.3 is 0 Å². The second-order valence-corrected chi connectivity index (χ2v) is 10.7. The van der Waals surface area contributed by atoms with Crippen LogP contribution in [-0.2, 0) is 10.5 Å². The highest BCUT2D eigenvalue weighted by Crippen LogP contribution is 2.39. The second kappa shape index (κ2) is 10.6. The van der Waals surface area contributed by atoms with Crippen LogP contribution in [0.15, 0.2) is 83.2 Å². The topological polar surface area (TPSA) is 71.8 Å². The van der Waals surface area contributed by atoms with Crippen LogP contribution in [0.1, 0.15) is 35.2 Å². The molecule has 0 saturated carbocycles. The van der Waals surface area contributed by atoms with Crippen molar-refractivity contribution in [2.75, 3.05) is 10.6 Å². The molecule has 0 radical (unpaired) electrons. The normalized spacial score (nSPS) is 14.8. The minimum absolute atomic E-state index is 0.226. The number of amides is 1. The lowest BCUT2D eigenvalue weighted by Crippen LogP contribution is -2.31. The van der Waals surface area contributed by atoms with E-state index in [0.29, 0.717) is 38.2 Å². The molecule has 0 unspecified atom stereocenters. The van der Waals surface area contributed by atoms with Gasteiger partial charge in [-0.3, -0.25) is 4.79 Å². The lowest BCUT2D eigenvalue weighted by atomic mass is 9.95. The number of halogens is 2. The van der Waals surface area contributed by atoms with Crippen LogP contribution in [0.25, 0.3) is 0 Å². The van der Waals surface area contributed by atoms with Gasteiger partial charge in [-0.1, -0.05) is 83.0 Å². The molecule has 188 valence electrons. The fourth-order valence-electron chi connectivity index (χ4n) is 4.39. The summed E-state index contributed by atoms with van der Waals surface area (Å²) in [5.41, 5.74) is 5.95. The van der Waals surface area contributed by atoms with Gasteiger partial charge in [-0.25, -0.2) is 4.68 Å². The summed E-state index contributed by atoms with van der Waals surface area (Å²) in [6.45, 7) is 5.88. The zero-order chi connectivity index (χ0) is 26.1. The maximum Gasteiger partial charge on any atom is 0.255 e. The lowest BCUT2D eigenvalue weighted by Gasteiger charge is -2.29. The van der Waals surface area contributed by atoms with E-state index in [1.54, 1.807) is 4.68 Å². The molecule has 0 bridgehead atoms. The summed E-state index contributed by atoms with van der Waals surface area (Å²) >= 11 is 14.3. The lowest BCUT2D eigenvalue weighted by molar-refractivity contribution is -0.113. The third-order valence-electron chi connectivity index (χ3n) is 6.16. The fourth-order valence-corrected chi connectivity index (χ4v) is 5.61. The third kappa shape index (κ3) is 5.39. The predicted molar refractivity (Wildman–Crippen MR) is 151 cm³/mol. The van der Waals surface area contributed by atoms with E-state index in [2.05, 4.69) is 10.6 Å². The predicted octanol–water partition coefficient (Wildman–Crippen LogP) is 7.42. The molecule has 1 aliphatic rings. The number of thioether (sulfide) groups is 1. The first-order valence-electron chi connectivity index (χ1n) is 11.7. The van der Waals surface area contributed by atoms with Crippen LogP contribution in [0.5, 0.6) is 0 Å². The number of rotatable bonds is 6. The Morgan fingerprint density at radius 1 is 1.05 bits per heavy atom. The van der Waals surface area contributed by atoms with Crippen LogP contribution in [0, 0.1) is 13.8 Å². The number of anilines is 2. The molecule has 9 heteroatoms. The van der Waals surface area contributed by atoms with Crippen molar-refractivity contribution in [3.8, 4) is 0 Å². The number of hydrogen-bond donors (Lipinski definition) is 2. The van der Waals surface area contributed by atoms with E-state index in [1.807, 2.05) is 87.5 Å². The average molecular weight is 551 g/mol. The molecule has 0 saturated heterocycles. The van der Waals surface area contributed by atoms with Crippen molar-refractivity contribution in [2.45, 2.75) is 37.7 Å². The van der Waals surface area contributed by atoms with Crippen LogP contribution < -0.4 is 10.6 Å². The summed E-state index contributed by atoms with van der Waals surface area (Å²) in [4.78, 5) is 18.4. The van der Waals surface area contributed by atoms with Gasteiger partial charge in [0.05, 0.1) is 5.57 Å². The standard InChI is InChI=1S/C28H25Cl2N5OS/c1-16-11-12-23(17(2)13-16)32-26(36)24-18(3)31-27-33-28(37-15-19-7-6-8-20(29)14-19)34-35(27)25(24)21-9-4-5-10-22(21)30/h4-14,25H,15H2,1-3H3,(H,32,36)(H,31,33,34)/t25-/m1/s1. The molecule has 2 heterocycles. The highest BCUT2D eigenvalue weighted by Gasteiger charge is 2.35. The minimum atomic E-state index is -0.552. The number of carbonyl (C=O) groups is 1. The average Bonchev–Trinajstić information content (AvgIpc) is 3.26. The molecule has 6 nitrogen and oxygen atoms in total. The van der Waals surface area contributed by atoms with Crippen molar-refractivity contribution in [3.63, 3.8) is 0 Å². The molecule has 5 rings (SSSR count). The Morgan fingerprint density at radius 2 is 1.86 bits per heavy atom. The molecule has 37 heavy (non-hydrogen) atoms. The summed E-state index contributed by atoms with van der Waals surface area (Å²) < 4.78 is 1.74. The van der Waals surface area contributed by atoms with Gasteiger partial charge in [0.1, 0.15) is 6.04 Å². The van der Waals surface area contributed by atoms with Gasteiger partial charge < -0.3 is 10.6 Å². The molecule has 1 atom stereocenters. The van der Waals surface area contributed by atoms with Crippen LogP contribution >= 0.6 is 35.0 Å². The highest BCUT2D eigenvalue weighted by molar-refractivity contribution is 7.98. The van der Waals surface area contributed by atoms with E-state index in [9.17, 15) is 4.79 Å². The first-order chi connectivity index (χ1) is 17.8. The van der Waals surface area contributed by atoms with E-state index in [4.69, 9.17) is 33.3 Å². The number of allylic oxidation sites excluding steroid dienone is 1. The molecular weight excluding hydrogens is 525 g/mol. The Labute approximate surface area is 230 Å². The summed E-state index contributed by atoms with van der Waals surface area (Å²) in [7, 11) is 0. The number of nitrogens with one attached hydrogen (secondary N) is 2. The molecule has 4 aromatic rings. The maximum absolute atomic E-state index is 13.7. The summed E-state index contributed by atoms with van der Waals surface area (Å²) in [6, 6.07) is 20.6. The van der Waals surface area contributed by atoms with Gasteiger partial charge in [0, 0.05) is 32.7 Å². The fraction of sp³-hybridized carbons (Fsp3) is 0.179. The molecule has 1 aromatic heterocycles. The molecular formula is C28H25Cl2N5OS. The van der Waals surface area contributed by atoms with Gasteiger partial charge in [0.2, 0.25) is 11.1 Å². The van der Waals surface area contributed by atoms with E-state index in [-0.39, 0.29) is 5.91 Å². The zero-order valence-corrected chi connectivity index (χ0v) is 22.9. The van der Waals surface area contributed by atoms with Crippen molar-refractivity contribution < 1.29 is 4.79 Å². The number of fused-ring (bicyclic) bond motifs is 1. The monoisotopic (exact) mass is 549 g/mol. The number of carbonyl (C=O) groups excluding carboxylic acids is 1. The number of aryl methyl sites for hydroxylation is 2. The molecule has 0 fully saturated rings. The first-order valence-corrected chi connectivity index (χ1v) is 13.5. The second-order valence-electron chi connectivity index (χ2n) is 8.94. The first kappa shape index (κ1) is 25.4. The largest absolute Gasteiger partial charge is 0.328 e. The minimum Gasteiger partial charge on any atom is -0.328 e. The van der Waals surface area contributed by atoms with E-state index in [1.165, 1.54) is 11.8 Å². The van der Waals surface area contributed by atoms with Gasteiger partial charge in [-0.15, -0.1) is 5.10 Å². The van der Waals surface area contributed by atoms with E-state index < -0.39 is 6.04 Å². The Kier molecular flexibility index (Phi) is 7.29. The van der Waals surface area contributed by atoms with E-state index >= 15 is 0 Å². The van der Waals surface area contributed by atoms with Crippen molar-refractivity contribution in [2.24, 2.45) is 0 Å². The number of hydrogen-bond acceptors (Lipinski definition) is 5. The van der Waals surface area contributed by atoms with Gasteiger partial charge in [0.25, 0.3) is 5.91 Å². The number of benzene rings is 3. The van der Waals surface area contributed by atoms with Gasteiger partial charge in [-0.05, 0) is 56.2 Å². The molecule has 1 amide bonds. The van der Waals surface area contributed by atoms with Crippen molar-refractivity contribution in [3.05, 3.63) is 110 Å². The van der Waals surface area contributed by atoms with Crippen LogP contribution in [0.2, 0.25) is 10.0 Å². The SMILES string of the molecule is CC1=C(C(=O)Nc2ccc(C)cc2C)[C@@H](c2ccccc2Cl)n2nc(SCc3cccc(Cl)c3)nc2N1. The Hall–Kier alpha value is -3.26. The molecule has 3 aromatic carbocycles. The molecule has 0 aliphatic carbocycles. The Balaban J connectivity index is 1.50. The van der Waals surface area contributed by atoms with Crippen LogP contribution in [0.3, 0.4) is 0 Å². The van der Waals surface area contributed by atoms with Crippen LogP contribution in [0.4, 0.5) is 11.6 Å². The summed E-state index contributed by atoms with van der Waals surface area (Å²) in [5.74, 6) is 0.989. The van der Waals surface area contributed by atoms with Crippen molar-refractivity contribution in [1.82, 2.24) is 14.8 Å². The summed E-state index contributed by atoms with van der Waals surface area (Å²) in [5, 5.41) is 13.0. The summed E-state index contributed by atoms with van der Waals surface area (Å²) in [6.07, 6.45) is 0. The van der Waals surface area contributed by atoms with Gasteiger partial charge in [0.15, 0.2) is 0 Å². The Morgan fingerprint density at radius 3 is 2.62 bits per heavy atom. The zero-order valence-electron chi connectivity index (χ0n) is 20.5. The molecule has 1 aliphatic heterocycles. The smallest absolute Gasteiger partial charge is 0.255 e. The highest BCUT2D eigenvalue weighted by atomic mass is 35.5. The number of aromatic nitrogens is 3. The van der Waals surface area contributed by atoms with Crippen molar-refractivity contribution >= 4 is 52.5 Å². The van der Waals surface area contributed by atoms with Crippen molar-refractivity contribution in [1.29, 1.82) is 0 Å². The maximum atomic E-state index is 13.7.